The maximum atomic E-state index is 12.8. The zero-order valence-corrected chi connectivity index (χ0v) is 16.1. The van der Waals surface area contributed by atoms with Crippen LogP contribution < -0.4 is 10.1 Å². The number of carbonyl (C=O) groups is 1. The molecule has 0 spiro atoms. The van der Waals surface area contributed by atoms with E-state index in [0.717, 1.165) is 17.1 Å². The van der Waals surface area contributed by atoms with Crippen LogP contribution in [-0.4, -0.2) is 52.9 Å². The van der Waals surface area contributed by atoms with Crippen molar-refractivity contribution in [2.45, 2.75) is 6.04 Å². The fourth-order valence-electron chi connectivity index (χ4n) is 3.08. The monoisotopic (exact) mass is 367 g/mol. The number of benzene rings is 1. The van der Waals surface area contributed by atoms with Crippen LogP contribution in [-0.2, 0) is 7.05 Å². The Morgan fingerprint density at radius 1 is 1.22 bits per heavy atom. The topological polar surface area (TPSA) is 64.3 Å². The molecule has 7 nitrogen and oxygen atoms in total. The van der Waals surface area contributed by atoms with Gasteiger partial charge < -0.3 is 19.5 Å². The Kier molecular flexibility index (Phi) is 5.61. The summed E-state index contributed by atoms with van der Waals surface area (Å²) in [6.07, 6.45) is 5.39. The second-order valence-electron chi connectivity index (χ2n) is 6.56. The molecule has 0 bridgehead atoms. The molecule has 0 saturated carbocycles. The Balaban J connectivity index is 1.75. The molecule has 2 heterocycles. The predicted octanol–water partition coefficient (Wildman–Crippen LogP) is 2.25. The minimum Gasteiger partial charge on any atom is -0.497 e. The summed E-state index contributed by atoms with van der Waals surface area (Å²) in [7, 11) is 7.47. The molecule has 0 aliphatic rings. The maximum absolute atomic E-state index is 12.8. The van der Waals surface area contributed by atoms with Gasteiger partial charge in [0.25, 0.3) is 5.91 Å². The number of nitrogens with one attached hydrogen (secondary N) is 1. The lowest BCUT2D eigenvalue weighted by Crippen LogP contribution is -2.34. The summed E-state index contributed by atoms with van der Waals surface area (Å²) in [4.78, 5) is 14.9. The van der Waals surface area contributed by atoms with E-state index >= 15 is 0 Å². The molecule has 3 aromatic rings. The van der Waals surface area contributed by atoms with Gasteiger partial charge in [-0.15, -0.1) is 0 Å². The molecule has 142 valence electrons. The Labute approximate surface area is 159 Å². The van der Waals surface area contributed by atoms with Gasteiger partial charge in [-0.2, -0.15) is 5.10 Å². The number of nitrogens with zero attached hydrogens (tertiary/aromatic N) is 4. The summed E-state index contributed by atoms with van der Waals surface area (Å²) in [5.41, 5.74) is 1.65. The Morgan fingerprint density at radius 3 is 2.48 bits per heavy atom. The quantitative estimate of drug-likeness (QED) is 0.696. The molecular formula is C20H25N5O2. The van der Waals surface area contributed by atoms with E-state index in [1.807, 2.05) is 74.5 Å². The number of hydrogen-bond acceptors (Lipinski definition) is 4. The Morgan fingerprint density at radius 2 is 1.89 bits per heavy atom. The fraction of sp³-hybridized carbons (Fsp3) is 0.300. The highest BCUT2D eigenvalue weighted by Crippen LogP contribution is 2.21. The van der Waals surface area contributed by atoms with Crippen LogP contribution in [0.5, 0.6) is 5.75 Å². The van der Waals surface area contributed by atoms with E-state index in [1.54, 1.807) is 18.0 Å². The molecule has 1 atom stereocenters. The van der Waals surface area contributed by atoms with Gasteiger partial charge in [0.15, 0.2) is 0 Å². The molecular weight excluding hydrogens is 342 g/mol. The summed E-state index contributed by atoms with van der Waals surface area (Å²) in [6, 6.07) is 11.8. The van der Waals surface area contributed by atoms with Gasteiger partial charge in [-0.3, -0.25) is 9.48 Å². The van der Waals surface area contributed by atoms with Gasteiger partial charge in [0.05, 0.1) is 19.3 Å². The fourth-order valence-corrected chi connectivity index (χ4v) is 3.08. The Bertz CT molecular complexity index is 882. The van der Waals surface area contributed by atoms with Crippen molar-refractivity contribution >= 4 is 5.91 Å². The van der Waals surface area contributed by atoms with E-state index in [0.29, 0.717) is 12.1 Å². The number of carbonyl (C=O) groups excluding carboxylic acids is 1. The normalized spacial score (nSPS) is 12.2. The number of aryl methyl sites for hydroxylation is 1. The molecule has 3 rings (SSSR count). The largest absolute Gasteiger partial charge is 0.497 e. The highest BCUT2D eigenvalue weighted by atomic mass is 16.5. The van der Waals surface area contributed by atoms with Crippen molar-refractivity contribution in [1.82, 2.24) is 24.6 Å². The van der Waals surface area contributed by atoms with Crippen LogP contribution in [0.1, 0.15) is 22.0 Å². The van der Waals surface area contributed by atoms with E-state index in [2.05, 4.69) is 15.3 Å². The first-order valence-electron chi connectivity index (χ1n) is 8.75. The van der Waals surface area contributed by atoms with Crippen molar-refractivity contribution in [3.63, 3.8) is 0 Å². The first-order valence-corrected chi connectivity index (χ1v) is 8.75. The van der Waals surface area contributed by atoms with E-state index < -0.39 is 0 Å². The van der Waals surface area contributed by atoms with Gasteiger partial charge in [0.2, 0.25) is 0 Å². The Hall–Kier alpha value is -3.06. The van der Waals surface area contributed by atoms with Gasteiger partial charge in [-0.05, 0) is 43.9 Å². The van der Waals surface area contributed by atoms with Gasteiger partial charge >= 0.3 is 0 Å². The van der Waals surface area contributed by atoms with Crippen LogP contribution in [0.4, 0.5) is 0 Å². The summed E-state index contributed by atoms with van der Waals surface area (Å²) >= 11 is 0. The lowest BCUT2D eigenvalue weighted by atomic mass is 10.1. The highest BCUT2D eigenvalue weighted by Gasteiger charge is 2.20. The lowest BCUT2D eigenvalue weighted by Gasteiger charge is -2.25. The number of rotatable bonds is 7. The van der Waals surface area contributed by atoms with E-state index in [-0.39, 0.29) is 11.9 Å². The zero-order chi connectivity index (χ0) is 19.4. The number of aromatic nitrogens is 3. The van der Waals surface area contributed by atoms with Gasteiger partial charge in [0, 0.05) is 26.0 Å². The number of amides is 1. The van der Waals surface area contributed by atoms with Crippen LogP contribution in [0.2, 0.25) is 0 Å². The average molecular weight is 367 g/mol. The molecule has 0 aliphatic heterocycles. The minimum atomic E-state index is -0.146. The third kappa shape index (κ3) is 4.03. The van der Waals surface area contributed by atoms with Crippen molar-refractivity contribution in [3.8, 4) is 11.6 Å². The van der Waals surface area contributed by atoms with Crippen molar-refractivity contribution in [3.05, 3.63) is 66.1 Å². The summed E-state index contributed by atoms with van der Waals surface area (Å²) in [5, 5.41) is 7.29. The third-order valence-electron chi connectivity index (χ3n) is 4.58. The lowest BCUT2D eigenvalue weighted by molar-refractivity contribution is 0.0942. The number of ether oxygens (including phenoxy) is 1. The smallest absolute Gasteiger partial charge is 0.256 e. The molecule has 0 aliphatic carbocycles. The molecule has 0 saturated heterocycles. The van der Waals surface area contributed by atoms with Gasteiger partial charge in [-0.25, -0.2) is 0 Å². The molecule has 2 aromatic heterocycles. The molecule has 0 radical (unpaired) electrons. The number of hydrogen-bond donors (Lipinski definition) is 1. The zero-order valence-electron chi connectivity index (χ0n) is 16.1. The molecule has 1 aromatic carbocycles. The van der Waals surface area contributed by atoms with Crippen molar-refractivity contribution < 1.29 is 9.53 Å². The summed E-state index contributed by atoms with van der Waals surface area (Å²) in [5.74, 6) is 1.41. The first-order chi connectivity index (χ1) is 13.0. The number of likely N-dealkylation sites (N-methyl/N-ethyl adjacent to an activating group) is 1. The van der Waals surface area contributed by atoms with E-state index in [9.17, 15) is 4.79 Å². The van der Waals surface area contributed by atoms with Crippen LogP contribution >= 0.6 is 0 Å². The van der Waals surface area contributed by atoms with Crippen molar-refractivity contribution in [2.24, 2.45) is 7.05 Å². The minimum absolute atomic E-state index is 0.0477. The van der Waals surface area contributed by atoms with Crippen LogP contribution in [0, 0.1) is 0 Å². The summed E-state index contributed by atoms with van der Waals surface area (Å²) in [6.45, 7) is 0.484. The van der Waals surface area contributed by atoms with Gasteiger partial charge in [-0.1, -0.05) is 12.1 Å². The molecule has 1 amide bonds. The molecule has 0 fully saturated rings. The maximum Gasteiger partial charge on any atom is 0.256 e. The summed E-state index contributed by atoms with van der Waals surface area (Å²) < 4.78 is 8.80. The second kappa shape index (κ2) is 8.09. The SMILES string of the molecule is COc1ccc([C@H](CNC(=O)c2cnn(C)c2-n2cccc2)N(C)C)cc1. The van der Waals surface area contributed by atoms with Gasteiger partial charge in [0.1, 0.15) is 17.1 Å². The van der Waals surface area contributed by atoms with Crippen molar-refractivity contribution in [2.75, 3.05) is 27.7 Å². The van der Waals surface area contributed by atoms with Crippen LogP contribution in [0.25, 0.3) is 5.82 Å². The molecule has 0 unspecified atom stereocenters. The number of methoxy groups -OCH3 is 1. The second-order valence-corrected chi connectivity index (χ2v) is 6.56. The van der Waals surface area contributed by atoms with Crippen molar-refractivity contribution in [1.29, 1.82) is 0 Å². The third-order valence-corrected chi connectivity index (χ3v) is 4.58. The predicted molar refractivity (Wildman–Crippen MR) is 104 cm³/mol. The standard InChI is InChI=1S/C20H25N5O2/c1-23(2)18(15-7-9-16(27-4)10-8-15)14-21-19(26)17-13-22-24(3)20(17)25-11-5-6-12-25/h5-13,18H,14H2,1-4H3,(H,21,26)/t18-/m0/s1. The first kappa shape index (κ1) is 18.7. The average Bonchev–Trinajstić information content (AvgIpc) is 3.31. The highest BCUT2D eigenvalue weighted by molar-refractivity contribution is 5.97. The molecule has 7 heteroatoms. The molecule has 27 heavy (non-hydrogen) atoms. The van der Waals surface area contributed by atoms with Crippen LogP contribution in [0.15, 0.2) is 55.0 Å². The van der Waals surface area contributed by atoms with Crippen LogP contribution in [0.3, 0.4) is 0 Å². The molecule has 1 N–H and O–H groups in total. The van der Waals surface area contributed by atoms with E-state index in [4.69, 9.17) is 4.74 Å². The van der Waals surface area contributed by atoms with E-state index in [1.165, 1.54) is 0 Å².